The summed E-state index contributed by atoms with van der Waals surface area (Å²) >= 11 is 5.96. The maximum absolute atomic E-state index is 13.2. The van der Waals surface area contributed by atoms with Gasteiger partial charge < -0.3 is 5.11 Å². The Balaban J connectivity index is 2.52. The fourth-order valence-corrected chi connectivity index (χ4v) is 2.33. The van der Waals surface area contributed by atoms with Crippen LogP contribution in [0.25, 0.3) is 0 Å². The molecule has 0 saturated carbocycles. The molecule has 114 valence electrons. The molecule has 3 nitrogen and oxygen atoms in total. The molecule has 2 rings (SSSR count). The highest BCUT2D eigenvalue weighted by Gasteiger charge is 2.35. The molecule has 1 aromatic carbocycles. The van der Waals surface area contributed by atoms with E-state index >= 15 is 0 Å². The van der Waals surface area contributed by atoms with Gasteiger partial charge in [-0.1, -0.05) is 17.7 Å². The van der Waals surface area contributed by atoms with E-state index in [9.17, 15) is 22.7 Å². The van der Waals surface area contributed by atoms with E-state index in [1.165, 1.54) is 11.7 Å². The van der Waals surface area contributed by atoms with Crippen LogP contribution in [0.2, 0.25) is 5.15 Å². The van der Waals surface area contributed by atoms with Crippen molar-refractivity contribution in [1.29, 1.82) is 0 Å². The van der Waals surface area contributed by atoms with Gasteiger partial charge in [0.1, 0.15) is 17.1 Å². The highest BCUT2D eigenvalue weighted by molar-refractivity contribution is 6.30. The number of benzene rings is 1. The number of hydrogen-bond acceptors (Lipinski definition) is 2. The van der Waals surface area contributed by atoms with Crippen molar-refractivity contribution in [3.05, 3.63) is 51.6 Å². The maximum Gasteiger partial charge on any atom is 0.419 e. The summed E-state index contributed by atoms with van der Waals surface area (Å²) in [5.74, 6) is -1.40. The summed E-state index contributed by atoms with van der Waals surface area (Å²) in [7, 11) is 1.54. The molecular weight excluding hydrogens is 312 g/mol. The van der Waals surface area contributed by atoms with Crippen LogP contribution in [-0.4, -0.2) is 14.9 Å². The van der Waals surface area contributed by atoms with Crippen molar-refractivity contribution >= 4 is 11.6 Å². The average Bonchev–Trinajstić information content (AvgIpc) is 2.61. The fourth-order valence-electron chi connectivity index (χ4n) is 2.05. The van der Waals surface area contributed by atoms with Gasteiger partial charge in [0.2, 0.25) is 0 Å². The van der Waals surface area contributed by atoms with E-state index in [0.717, 1.165) is 6.07 Å². The number of rotatable bonds is 2. The van der Waals surface area contributed by atoms with Crippen LogP contribution in [0.1, 0.15) is 28.5 Å². The molecule has 0 radical (unpaired) electrons. The van der Waals surface area contributed by atoms with Gasteiger partial charge in [0.05, 0.1) is 11.3 Å². The smallest absolute Gasteiger partial charge is 0.383 e. The van der Waals surface area contributed by atoms with Crippen molar-refractivity contribution < 1.29 is 22.7 Å². The molecule has 0 spiro atoms. The van der Waals surface area contributed by atoms with Gasteiger partial charge in [-0.05, 0) is 24.6 Å². The van der Waals surface area contributed by atoms with Gasteiger partial charge in [0.25, 0.3) is 0 Å². The monoisotopic (exact) mass is 322 g/mol. The van der Waals surface area contributed by atoms with Gasteiger partial charge >= 0.3 is 6.18 Å². The highest BCUT2D eigenvalue weighted by Crippen LogP contribution is 2.36. The van der Waals surface area contributed by atoms with Gasteiger partial charge in [0.15, 0.2) is 0 Å². The minimum atomic E-state index is -4.84. The van der Waals surface area contributed by atoms with Gasteiger partial charge in [-0.25, -0.2) is 4.39 Å². The Morgan fingerprint density at radius 1 is 1.33 bits per heavy atom. The molecule has 1 N–H and O–H groups in total. The average molecular weight is 323 g/mol. The number of aliphatic hydroxyl groups excluding tert-OH is 1. The lowest BCUT2D eigenvalue weighted by Gasteiger charge is -2.14. The van der Waals surface area contributed by atoms with Crippen molar-refractivity contribution in [1.82, 2.24) is 9.78 Å². The normalized spacial score (nSPS) is 13.5. The standard InChI is InChI=1S/C13H11ClF4N2O/c1-6-10(12(14)20(2)19-6)11(21)7-3-4-9(15)8(5-7)13(16,17)18/h3-5,11,21H,1-2H3. The Bertz CT molecular complexity index is 682. The SMILES string of the molecule is Cc1nn(C)c(Cl)c1C(O)c1ccc(F)c(C(F)(F)F)c1. The van der Waals surface area contributed by atoms with Gasteiger partial charge in [0, 0.05) is 12.6 Å². The fraction of sp³-hybridized carbons (Fsp3) is 0.308. The summed E-state index contributed by atoms with van der Waals surface area (Å²) < 4.78 is 52.6. The van der Waals surface area contributed by atoms with Crippen molar-refractivity contribution in [3.8, 4) is 0 Å². The lowest BCUT2D eigenvalue weighted by atomic mass is 10.00. The van der Waals surface area contributed by atoms with Crippen LogP contribution in [0.5, 0.6) is 0 Å². The minimum absolute atomic E-state index is 0.109. The summed E-state index contributed by atoms with van der Waals surface area (Å²) in [6.07, 6.45) is -6.26. The number of alkyl halides is 3. The minimum Gasteiger partial charge on any atom is -0.383 e. The molecule has 0 amide bonds. The Kier molecular flexibility index (Phi) is 3.99. The predicted molar refractivity (Wildman–Crippen MR) is 68.4 cm³/mol. The molecule has 0 fully saturated rings. The molecule has 0 aliphatic carbocycles. The van der Waals surface area contributed by atoms with E-state index in [2.05, 4.69) is 5.10 Å². The third-order valence-electron chi connectivity index (χ3n) is 3.08. The van der Waals surface area contributed by atoms with E-state index in [-0.39, 0.29) is 16.3 Å². The largest absolute Gasteiger partial charge is 0.419 e. The molecule has 0 bridgehead atoms. The van der Waals surface area contributed by atoms with Crippen LogP contribution < -0.4 is 0 Å². The Morgan fingerprint density at radius 3 is 2.43 bits per heavy atom. The van der Waals surface area contributed by atoms with E-state index in [1.54, 1.807) is 6.92 Å². The summed E-state index contributed by atoms with van der Waals surface area (Å²) in [6, 6.07) is 2.32. The van der Waals surface area contributed by atoms with E-state index in [0.29, 0.717) is 17.8 Å². The third kappa shape index (κ3) is 2.89. The molecule has 21 heavy (non-hydrogen) atoms. The molecule has 1 unspecified atom stereocenters. The van der Waals surface area contributed by atoms with Crippen LogP contribution in [0, 0.1) is 12.7 Å². The molecule has 0 aliphatic rings. The molecule has 1 atom stereocenters. The van der Waals surface area contributed by atoms with Gasteiger partial charge in [-0.3, -0.25) is 4.68 Å². The van der Waals surface area contributed by atoms with Crippen LogP contribution in [-0.2, 0) is 13.2 Å². The number of aliphatic hydroxyl groups is 1. The number of aromatic nitrogens is 2. The topological polar surface area (TPSA) is 38.0 Å². The molecular formula is C13H11ClF4N2O. The highest BCUT2D eigenvalue weighted by atomic mass is 35.5. The third-order valence-corrected chi connectivity index (χ3v) is 3.53. The second kappa shape index (κ2) is 5.31. The second-order valence-corrected chi connectivity index (χ2v) is 4.91. The van der Waals surface area contributed by atoms with Crippen LogP contribution >= 0.6 is 11.6 Å². The summed E-state index contributed by atoms with van der Waals surface area (Å²) in [5.41, 5.74) is -0.967. The van der Waals surface area contributed by atoms with Crippen LogP contribution in [0.15, 0.2) is 18.2 Å². The van der Waals surface area contributed by atoms with E-state index < -0.39 is 23.7 Å². The first-order valence-electron chi connectivity index (χ1n) is 5.86. The van der Waals surface area contributed by atoms with Gasteiger partial charge in [-0.15, -0.1) is 0 Å². The van der Waals surface area contributed by atoms with Crippen LogP contribution in [0.4, 0.5) is 17.6 Å². The molecule has 1 heterocycles. The van der Waals surface area contributed by atoms with E-state index in [4.69, 9.17) is 11.6 Å². The van der Waals surface area contributed by atoms with Crippen molar-refractivity contribution in [2.45, 2.75) is 19.2 Å². The number of hydrogen-bond donors (Lipinski definition) is 1. The summed E-state index contributed by atoms with van der Waals surface area (Å²) in [4.78, 5) is 0. The molecule has 0 saturated heterocycles. The lowest BCUT2D eigenvalue weighted by molar-refractivity contribution is -0.140. The van der Waals surface area contributed by atoms with Crippen molar-refractivity contribution in [2.24, 2.45) is 7.05 Å². The molecule has 1 aromatic heterocycles. The van der Waals surface area contributed by atoms with Crippen molar-refractivity contribution in [2.75, 3.05) is 0 Å². The Morgan fingerprint density at radius 2 is 1.95 bits per heavy atom. The first-order chi connectivity index (χ1) is 9.62. The zero-order valence-electron chi connectivity index (χ0n) is 11.0. The molecule has 2 aromatic rings. The van der Waals surface area contributed by atoms with Gasteiger partial charge in [-0.2, -0.15) is 18.3 Å². The number of aryl methyl sites for hydroxylation is 2. The lowest BCUT2D eigenvalue weighted by Crippen LogP contribution is -2.10. The van der Waals surface area contributed by atoms with E-state index in [1.807, 2.05) is 0 Å². The zero-order valence-corrected chi connectivity index (χ0v) is 11.8. The Labute approximate surface area is 122 Å². The second-order valence-electron chi connectivity index (χ2n) is 4.55. The maximum atomic E-state index is 13.2. The predicted octanol–water partition coefficient (Wildman–Crippen LogP) is 3.62. The number of halogens is 5. The number of nitrogens with zero attached hydrogens (tertiary/aromatic N) is 2. The Hall–Kier alpha value is -1.60. The first-order valence-corrected chi connectivity index (χ1v) is 6.24. The first kappa shape index (κ1) is 15.8. The van der Waals surface area contributed by atoms with Crippen molar-refractivity contribution in [3.63, 3.8) is 0 Å². The zero-order chi connectivity index (χ0) is 15.9. The van der Waals surface area contributed by atoms with Crippen LogP contribution in [0.3, 0.4) is 0 Å². The quantitative estimate of drug-likeness (QED) is 0.858. The molecule has 0 aliphatic heterocycles. The summed E-state index contributed by atoms with van der Waals surface area (Å²) in [6.45, 7) is 1.57. The summed E-state index contributed by atoms with van der Waals surface area (Å²) in [5, 5.41) is 14.3. The molecule has 8 heteroatoms.